The molecule has 5 heteroatoms. The Labute approximate surface area is 129 Å². The quantitative estimate of drug-likeness (QED) is 0.892. The summed E-state index contributed by atoms with van der Waals surface area (Å²) >= 11 is 0. The second-order valence-electron chi connectivity index (χ2n) is 6.10. The summed E-state index contributed by atoms with van der Waals surface area (Å²) in [6, 6.07) is 7.86. The highest BCUT2D eigenvalue weighted by Gasteiger charge is 2.31. The van der Waals surface area contributed by atoms with Crippen LogP contribution in [0.1, 0.15) is 35.2 Å². The molecule has 0 saturated heterocycles. The molecular weight excluding hydrogens is 278 g/mol. The average molecular weight is 297 g/mol. The molecule has 2 aromatic rings. The summed E-state index contributed by atoms with van der Waals surface area (Å²) in [6.07, 6.45) is 2.48. The fraction of sp³-hybridized carbons (Fsp3) is 0.412. The molecule has 0 saturated carbocycles. The number of aryl methyl sites for hydroxylation is 2. The van der Waals surface area contributed by atoms with E-state index in [1.54, 1.807) is 0 Å². The van der Waals surface area contributed by atoms with E-state index in [0.717, 1.165) is 47.8 Å². The van der Waals surface area contributed by atoms with Crippen molar-refractivity contribution in [2.24, 2.45) is 5.92 Å². The van der Waals surface area contributed by atoms with Gasteiger partial charge in [-0.05, 0) is 25.8 Å². The summed E-state index contributed by atoms with van der Waals surface area (Å²) in [4.78, 5) is 20.3. The maximum absolute atomic E-state index is 12.6. The van der Waals surface area contributed by atoms with E-state index in [0.29, 0.717) is 6.61 Å². The van der Waals surface area contributed by atoms with Gasteiger partial charge < -0.3 is 15.0 Å². The van der Waals surface area contributed by atoms with Crippen LogP contribution in [0, 0.1) is 12.8 Å². The van der Waals surface area contributed by atoms with Crippen LogP contribution in [0.5, 0.6) is 5.75 Å². The van der Waals surface area contributed by atoms with Crippen molar-refractivity contribution in [2.45, 2.75) is 32.2 Å². The molecule has 0 spiro atoms. The molecule has 1 aliphatic carbocycles. The molecule has 0 radical (unpaired) electrons. The molecule has 114 valence electrons. The molecule has 1 aromatic carbocycles. The minimum atomic E-state index is -0.0337. The number of hydrogen-bond acceptors (Lipinski definition) is 3. The van der Waals surface area contributed by atoms with Crippen molar-refractivity contribution >= 4 is 5.91 Å². The number of carbonyl (C=O) groups is 1. The molecule has 1 amide bonds. The maximum atomic E-state index is 12.6. The number of aromatic nitrogens is 2. The van der Waals surface area contributed by atoms with Crippen molar-refractivity contribution in [3.8, 4) is 5.75 Å². The van der Waals surface area contributed by atoms with Crippen LogP contribution in [-0.4, -0.2) is 22.5 Å². The first-order valence-corrected chi connectivity index (χ1v) is 7.77. The number of nitrogens with zero attached hydrogens (tertiary/aromatic N) is 1. The van der Waals surface area contributed by atoms with Crippen LogP contribution in [0.2, 0.25) is 0 Å². The molecule has 0 fully saturated rings. The van der Waals surface area contributed by atoms with Gasteiger partial charge in [0, 0.05) is 23.6 Å². The van der Waals surface area contributed by atoms with Gasteiger partial charge in [0.05, 0.1) is 11.7 Å². The zero-order valence-corrected chi connectivity index (χ0v) is 12.6. The molecule has 0 unspecified atom stereocenters. The Hall–Kier alpha value is -2.30. The first kappa shape index (κ1) is 13.4. The van der Waals surface area contributed by atoms with Crippen molar-refractivity contribution < 1.29 is 9.53 Å². The lowest BCUT2D eigenvalue weighted by Crippen LogP contribution is -2.37. The summed E-state index contributed by atoms with van der Waals surface area (Å²) in [5.74, 6) is 1.94. The lowest BCUT2D eigenvalue weighted by Gasteiger charge is -2.22. The normalized spacial score (nSPS) is 22.6. The molecule has 1 aromatic heterocycles. The van der Waals surface area contributed by atoms with E-state index in [2.05, 4.69) is 15.3 Å². The molecular formula is C17H19N3O2. The number of ether oxygens (including phenoxy) is 1. The summed E-state index contributed by atoms with van der Waals surface area (Å²) in [6.45, 7) is 2.48. The summed E-state index contributed by atoms with van der Waals surface area (Å²) in [5, 5.41) is 3.14. The van der Waals surface area contributed by atoms with E-state index in [4.69, 9.17) is 4.74 Å². The van der Waals surface area contributed by atoms with Crippen molar-refractivity contribution in [3.63, 3.8) is 0 Å². The van der Waals surface area contributed by atoms with Crippen molar-refractivity contribution in [1.29, 1.82) is 0 Å². The maximum Gasteiger partial charge on any atom is 0.224 e. The summed E-state index contributed by atoms with van der Waals surface area (Å²) in [5.41, 5.74) is 3.31. The van der Waals surface area contributed by atoms with Crippen LogP contribution in [0.4, 0.5) is 0 Å². The summed E-state index contributed by atoms with van der Waals surface area (Å²) < 4.78 is 5.63. The minimum Gasteiger partial charge on any atom is -0.491 e. The standard InChI is InChI=1S/C17H19N3O2/c1-10-18-13-7-6-11(8-14(13)19-10)17(21)20-15-9-22-16-5-3-2-4-12(15)16/h2-5,11,15H,6-9H2,1H3,(H,18,19)(H,20,21)/t11-,15+/m0/s1. The number of H-pyrrole nitrogens is 1. The second-order valence-corrected chi connectivity index (χ2v) is 6.10. The number of nitrogens with one attached hydrogen (secondary N) is 2. The average Bonchev–Trinajstić information content (AvgIpc) is 3.09. The Bertz CT molecular complexity index is 722. The van der Waals surface area contributed by atoms with Gasteiger partial charge in [-0.3, -0.25) is 4.79 Å². The van der Waals surface area contributed by atoms with E-state index < -0.39 is 0 Å². The third-order valence-corrected chi connectivity index (χ3v) is 4.55. The van der Waals surface area contributed by atoms with Crippen LogP contribution in [0.3, 0.4) is 0 Å². The number of aromatic amines is 1. The molecule has 22 heavy (non-hydrogen) atoms. The minimum absolute atomic E-state index is 0.0140. The predicted molar refractivity (Wildman–Crippen MR) is 81.7 cm³/mol. The molecule has 4 rings (SSSR count). The number of amides is 1. The van der Waals surface area contributed by atoms with Gasteiger partial charge in [-0.25, -0.2) is 4.98 Å². The van der Waals surface area contributed by atoms with E-state index in [1.807, 2.05) is 31.2 Å². The Balaban J connectivity index is 1.46. The molecule has 5 nitrogen and oxygen atoms in total. The van der Waals surface area contributed by atoms with Gasteiger partial charge >= 0.3 is 0 Å². The Morgan fingerprint density at radius 1 is 1.41 bits per heavy atom. The predicted octanol–water partition coefficient (Wildman–Crippen LogP) is 2.07. The van der Waals surface area contributed by atoms with Gasteiger partial charge in [0.25, 0.3) is 0 Å². The lowest BCUT2D eigenvalue weighted by molar-refractivity contribution is -0.126. The van der Waals surface area contributed by atoms with Crippen LogP contribution in [0.25, 0.3) is 0 Å². The monoisotopic (exact) mass is 297 g/mol. The topological polar surface area (TPSA) is 67.0 Å². The molecule has 0 bridgehead atoms. The number of rotatable bonds is 2. The second kappa shape index (κ2) is 5.16. The van der Waals surface area contributed by atoms with Crippen LogP contribution < -0.4 is 10.1 Å². The zero-order valence-electron chi connectivity index (χ0n) is 12.6. The Morgan fingerprint density at radius 3 is 3.18 bits per heavy atom. The highest BCUT2D eigenvalue weighted by Crippen LogP contribution is 2.32. The first-order valence-electron chi connectivity index (χ1n) is 7.77. The Morgan fingerprint density at radius 2 is 2.27 bits per heavy atom. The lowest BCUT2D eigenvalue weighted by atomic mass is 9.89. The molecule has 2 N–H and O–H groups in total. The molecule has 2 aliphatic rings. The zero-order chi connectivity index (χ0) is 15.1. The van der Waals surface area contributed by atoms with E-state index in [-0.39, 0.29) is 17.9 Å². The fourth-order valence-corrected chi connectivity index (χ4v) is 3.42. The number of hydrogen-bond donors (Lipinski definition) is 2. The van der Waals surface area contributed by atoms with Crippen molar-refractivity contribution in [2.75, 3.05) is 6.61 Å². The third-order valence-electron chi connectivity index (χ3n) is 4.55. The van der Waals surface area contributed by atoms with Gasteiger partial charge in [-0.1, -0.05) is 18.2 Å². The van der Waals surface area contributed by atoms with Gasteiger partial charge in [0.15, 0.2) is 0 Å². The van der Waals surface area contributed by atoms with Crippen molar-refractivity contribution in [3.05, 3.63) is 47.0 Å². The van der Waals surface area contributed by atoms with Crippen molar-refractivity contribution in [1.82, 2.24) is 15.3 Å². The van der Waals surface area contributed by atoms with Crippen LogP contribution in [-0.2, 0) is 17.6 Å². The molecule has 1 aliphatic heterocycles. The SMILES string of the molecule is Cc1nc2c([nH]1)C[C@@H](C(=O)N[C@@H]1COc3ccccc31)CC2. The first-order chi connectivity index (χ1) is 10.7. The summed E-state index contributed by atoms with van der Waals surface area (Å²) in [7, 11) is 0. The number of carbonyl (C=O) groups excluding carboxylic acids is 1. The van der Waals surface area contributed by atoms with E-state index >= 15 is 0 Å². The van der Waals surface area contributed by atoms with E-state index in [1.165, 1.54) is 0 Å². The number of benzene rings is 1. The fourth-order valence-electron chi connectivity index (χ4n) is 3.42. The number of fused-ring (bicyclic) bond motifs is 2. The van der Waals surface area contributed by atoms with Gasteiger partial charge in [0.2, 0.25) is 5.91 Å². The highest BCUT2D eigenvalue weighted by atomic mass is 16.5. The Kier molecular flexibility index (Phi) is 3.13. The van der Waals surface area contributed by atoms with Gasteiger partial charge in [0.1, 0.15) is 18.2 Å². The largest absolute Gasteiger partial charge is 0.491 e. The van der Waals surface area contributed by atoms with E-state index in [9.17, 15) is 4.79 Å². The van der Waals surface area contributed by atoms with Crippen LogP contribution in [0.15, 0.2) is 24.3 Å². The molecule has 2 heterocycles. The van der Waals surface area contributed by atoms with Crippen LogP contribution >= 0.6 is 0 Å². The van der Waals surface area contributed by atoms with Gasteiger partial charge in [-0.2, -0.15) is 0 Å². The smallest absolute Gasteiger partial charge is 0.224 e. The number of para-hydroxylation sites is 1. The highest BCUT2D eigenvalue weighted by molar-refractivity contribution is 5.80. The third kappa shape index (κ3) is 2.26. The molecule has 2 atom stereocenters. The number of imidazole rings is 1. The van der Waals surface area contributed by atoms with Gasteiger partial charge in [-0.15, -0.1) is 0 Å².